The van der Waals surface area contributed by atoms with Gasteiger partial charge in [-0.05, 0) is 60.7 Å². The molecule has 0 bridgehead atoms. The van der Waals surface area contributed by atoms with E-state index in [0.717, 1.165) is 11.4 Å². The molecule has 4 rings (SSSR count). The summed E-state index contributed by atoms with van der Waals surface area (Å²) < 4.78 is 12.6. The van der Waals surface area contributed by atoms with Crippen molar-refractivity contribution < 1.29 is 13.9 Å². The lowest BCUT2D eigenvalue weighted by atomic mass is 10.3. The van der Waals surface area contributed by atoms with E-state index in [0.29, 0.717) is 27.5 Å². The molecule has 2 aromatic carbocycles. The van der Waals surface area contributed by atoms with Gasteiger partial charge in [0.1, 0.15) is 5.75 Å². The molecule has 0 saturated carbocycles. The summed E-state index contributed by atoms with van der Waals surface area (Å²) >= 11 is 7.16. The van der Waals surface area contributed by atoms with Crippen molar-refractivity contribution in [3.63, 3.8) is 0 Å². The largest absolute Gasteiger partial charge is 0.497 e. The van der Waals surface area contributed by atoms with Gasteiger partial charge in [-0.25, -0.2) is 0 Å². The SMILES string of the molecule is COc1ccc(-n2c(SCC(=O)Nc3ccc(Cl)cc3)nnc2-c2ccco2)cc1. The molecule has 0 saturated heterocycles. The van der Waals surface area contributed by atoms with Gasteiger partial charge in [0.15, 0.2) is 10.9 Å². The predicted octanol–water partition coefficient (Wildman–Crippen LogP) is 4.92. The highest BCUT2D eigenvalue weighted by atomic mass is 35.5. The molecule has 1 amide bonds. The Morgan fingerprint density at radius 2 is 1.90 bits per heavy atom. The number of ether oxygens (including phenoxy) is 1. The van der Waals surface area contributed by atoms with E-state index >= 15 is 0 Å². The summed E-state index contributed by atoms with van der Waals surface area (Å²) in [5, 5.41) is 12.6. The van der Waals surface area contributed by atoms with E-state index in [4.69, 9.17) is 20.8 Å². The molecule has 0 unspecified atom stereocenters. The molecule has 2 aromatic heterocycles. The molecule has 0 aliphatic carbocycles. The highest BCUT2D eigenvalue weighted by Crippen LogP contribution is 2.29. The Kier molecular flexibility index (Phi) is 6.06. The molecular weight excluding hydrogens is 424 g/mol. The van der Waals surface area contributed by atoms with Crippen molar-refractivity contribution in [1.29, 1.82) is 0 Å². The summed E-state index contributed by atoms with van der Waals surface area (Å²) in [5.74, 6) is 1.87. The second-order valence-electron chi connectivity index (χ2n) is 6.16. The van der Waals surface area contributed by atoms with Gasteiger partial charge in [-0.2, -0.15) is 0 Å². The number of nitrogens with one attached hydrogen (secondary N) is 1. The number of aromatic nitrogens is 3. The quantitative estimate of drug-likeness (QED) is 0.411. The van der Waals surface area contributed by atoms with Crippen LogP contribution in [0.25, 0.3) is 17.3 Å². The number of furan rings is 1. The predicted molar refractivity (Wildman–Crippen MR) is 116 cm³/mol. The first kappa shape index (κ1) is 20.1. The molecule has 4 aromatic rings. The normalized spacial score (nSPS) is 10.7. The third kappa shape index (κ3) is 4.50. The third-order valence-corrected chi connectivity index (χ3v) is 5.35. The molecule has 0 spiro atoms. The first-order chi connectivity index (χ1) is 14.6. The highest BCUT2D eigenvalue weighted by molar-refractivity contribution is 7.99. The Morgan fingerprint density at radius 1 is 1.13 bits per heavy atom. The molecule has 0 aliphatic rings. The summed E-state index contributed by atoms with van der Waals surface area (Å²) in [6, 6.07) is 18.0. The summed E-state index contributed by atoms with van der Waals surface area (Å²) in [7, 11) is 1.61. The van der Waals surface area contributed by atoms with Gasteiger partial charge in [0.25, 0.3) is 0 Å². The standard InChI is InChI=1S/C21H17ClN4O3S/c1-28-17-10-8-16(9-11-17)26-20(18-3-2-12-29-18)24-25-21(26)30-13-19(27)23-15-6-4-14(22)5-7-15/h2-12H,13H2,1H3,(H,23,27). The summed E-state index contributed by atoms with van der Waals surface area (Å²) in [6.07, 6.45) is 1.58. The topological polar surface area (TPSA) is 82.2 Å². The van der Waals surface area contributed by atoms with Crippen LogP contribution in [0.2, 0.25) is 5.02 Å². The molecule has 9 heteroatoms. The Labute approximate surface area is 182 Å². The molecule has 152 valence electrons. The van der Waals surface area contributed by atoms with Crippen LogP contribution in [0.1, 0.15) is 0 Å². The van der Waals surface area contributed by atoms with E-state index in [9.17, 15) is 4.79 Å². The zero-order valence-corrected chi connectivity index (χ0v) is 17.5. The Balaban J connectivity index is 1.56. The highest BCUT2D eigenvalue weighted by Gasteiger charge is 2.19. The number of halogens is 1. The number of anilines is 1. The minimum absolute atomic E-state index is 0.161. The maximum Gasteiger partial charge on any atom is 0.234 e. The van der Waals surface area contributed by atoms with Crippen molar-refractivity contribution in [2.45, 2.75) is 5.16 Å². The van der Waals surface area contributed by atoms with Crippen molar-refractivity contribution in [2.75, 3.05) is 18.2 Å². The van der Waals surface area contributed by atoms with E-state index in [-0.39, 0.29) is 11.7 Å². The fraction of sp³-hybridized carbons (Fsp3) is 0.0952. The van der Waals surface area contributed by atoms with Gasteiger partial charge in [0.2, 0.25) is 11.7 Å². The minimum Gasteiger partial charge on any atom is -0.497 e. The van der Waals surface area contributed by atoms with Crippen molar-refractivity contribution in [2.24, 2.45) is 0 Å². The van der Waals surface area contributed by atoms with Crippen LogP contribution in [0.5, 0.6) is 5.75 Å². The molecule has 7 nitrogen and oxygen atoms in total. The number of hydrogen-bond donors (Lipinski definition) is 1. The van der Waals surface area contributed by atoms with Gasteiger partial charge < -0.3 is 14.5 Å². The van der Waals surface area contributed by atoms with E-state index < -0.39 is 0 Å². The molecule has 30 heavy (non-hydrogen) atoms. The Hall–Kier alpha value is -3.23. The summed E-state index contributed by atoms with van der Waals surface area (Å²) in [5.41, 5.74) is 1.51. The Bertz CT molecular complexity index is 1130. The number of carbonyl (C=O) groups is 1. The monoisotopic (exact) mass is 440 g/mol. The van der Waals surface area contributed by atoms with Gasteiger partial charge in [-0.3, -0.25) is 9.36 Å². The number of benzene rings is 2. The van der Waals surface area contributed by atoms with E-state index in [1.54, 1.807) is 43.7 Å². The van der Waals surface area contributed by atoms with Gasteiger partial charge in [-0.15, -0.1) is 10.2 Å². The van der Waals surface area contributed by atoms with Crippen molar-refractivity contribution in [3.05, 3.63) is 71.9 Å². The zero-order valence-electron chi connectivity index (χ0n) is 15.9. The lowest BCUT2D eigenvalue weighted by Gasteiger charge is -2.10. The number of amides is 1. The van der Waals surface area contributed by atoms with Crippen LogP contribution in [0, 0.1) is 0 Å². The fourth-order valence-electron chi connectivity index (χ4n) is 2.75. The second-order valence-corrected chi connectivity index (χ2v) is 7.54. The van der Waals surface area contributed by atoms with Crippen LogP contribution in [-0.4, -0.2) is 33.5 Å². The van der Waals surface area contributed by atoms with E-state index in [1.165, 1.54) is 11.8 Å². The summed E-state index contributed by atoms with van der Waals surface area (Å²) in [6.45, 7) is 0. The fourth-order valence-corrected chi connectivity index (χ4v) is 3.63. The molecular formula is C21H17ClN4O3S. The Morgan fingerprint density at radius 3 is 2.57 bits per heavy atom. The van der Waals surface area contributed by atoms with E-state index in [2.05, 4.69) is 15.5 Å². The van der Waals surface area contributed by atoms with Crippen molar-refractivity contribution in [1.82, 2.24) is 14.8 Å². The molecule has 0 fully saturated rings. The molecule has 1 N–H and O–H groups in total. The molecule has 0 radical (unpaired) electrons. The van der Waals surface area contributed by atoms with Gasteiger partial charge in [-0.1, -0.05) is 23.4 Å². The lowest BCUT2D eigenvalue weighted by Crippen LogP contribution is -2.14. The minimum atomic E-state index is -0.161. The maximum absolute atomic E-state index is 12.4. The van der Waals surface area contributed by atoms with Gasteiger partial charge >= 0.3 is 0 Å². The van der Waals surface area contributed by atoms with Crippen molar-refractivity contribution >= 4 is 35.0 Å². The van der Waals surface area contributed by atoms with Crippen LogP contribution in [-0.2, 0) is 4.79 Å². The van der Waals surface area contributed by atoms with E-state index in [1.807, 2.05) is 34.9 Å². The average Bonchev–Trinajstić information content (AvgIpc) is 3.44. The number of carbonyl (C=O) groups excluding carboxylic acids is 1. The van der Waals surface area contributed by atoms with Crippen LogP contribution in [0.3, 0.4) is 0 Å². The first-order valence-electron chi connectivity index (χ1n) is 8.96. The number of rotatable bonds is 7. The molecule has 0 atom stereocenters. The zero-order chi connectivity index (χ0) is 20.9. The molecule has 2 heterocycles. The van der Waals surface area contributed by atoms with Crippen LogP contribution >= 0.6 is 23.4 Å². The van der Waals surface area contributed by atoms with Gasteiger partial charge in [0, 0.05) is 10.7 Å². The van der Waals surface area contributed by atoms with Crippen LogP contribution < -0.4 is 10.1 Å². The number of thioether (sulfide) groups is 1. The van der Waals surface area contributed by atoms with Crippen molar-refractivity contribution in [3.8, 4) is 23.0 Å². The smallest absolute Gasteiger partial charge is 0.234 e. The number of methoxy groups -OCH3 is 1. The van der Waals surface area contributed by atoms with Crippen LogP contribution in [0.15, 0.2) is 76.5 Å². The first-order valence-corrected chi connectivity index (χ1v) is 10.3. The summed E-state index contributed by atoms with van der Waals surface area (Å²) in [4.78, 5) is 12.4. The third-order valence-electron chi connectivity index (χ3n) is 4.17. The lowest BCUT2D eigenvalue weighted by molar-refractivity contribution is -0.113. The second kappa shape index (κ2) is 9.06. The number of hydrogen-bond acceptors (Lipinski definition) is 6. The number of nitrogens with zero attached hydrogens (tertiary/aromatic N) is 3. The maximum atomic E-state index is 12.4. The average molecular weight is 441 g/mol. The van der Waals surface area contributed by atoms with Crippen LogP contribution in [0.4, 0.5) is 5.69 Å². The molecule has 0 aliphatic heterocycles. The van der Waals surface area contributed by atoms with Gasteiger partial charge in [0.05, 0.1) is 24.8 Å².